The van der Waals surface area contributed by atoms with Crippen molar-refractivity contribution in [2.24, 2.45) is 0 Å². The van der Waals surface area contributed by atoms with Gasteiger partial charge in [-0.3, -0.25) is 4.79 Å². The number of hydrogen-bond donors (Lipinski definition) is 1. The molecule has 0 fully saturated rings. The Morgan fingerprint density at radius 2 is 2.47 bits per heavy atom. The van der Waals surface area contributed by atoms with Crippen molar-refractivity contribution in [1.29, 1.82) is 0 Å². The van der Waals surface area contributed by atoms with E-state index in [1.165, 1.54) is 28.9 Å². The summed E-state index contributed by atoms with van der Waals surface area (Å²) >= 11 is 6.61. The minimum Gasteiger partial charge on any atom is -0.301 e. The van der Waals surface area contributed by atoms with Gasteiger partial charge in [0.25, 0.3) is 5.56 Å². The topological polar surface area (TPSA) is 45.8 Å². The molecule has 2 aromatic heterocycles. The van der Waals surface area contributed by atoms with Gasteiger partial charge in [-0.05, 0) is 22.0 Å². The minimum absolute atomic E-state index is 0.111. The van der Waals surface area contributed by atoms with Crippen LogP contribution in [-0.4, -0.2) is 9.97 Å². The highest BCUT2D eigenvalue weighted by Gasteiger charge is 2.00. The van der Waals surface area contributed by atoms with Gasteiger partial charge in [0.2, 0.25) is 0 Å². The lowest BCUT2D eigenvalue weighted by Gasteiger charge is -1.96. The zero-order chi connectivity index (χ0) is 10.7. The Morgan fingerprint density at radius 1 is 1.60 bits per heavy atom. The molecule has 0 saturated carbocycles. The fourth-order valence-corrected chi connectivity index (χ4v) is 3.35. The molecule has 78 valence electrons. The number of nitrogens with zero attached hydrogens (tertiary/aromatic N) is 1. The third-order valence-corrected chi connectivity index (χ3v) is 4.44. The molecule has 3 nitrogen and oxygen atoms in total. The summed E-state index contributed by atoms with van der Waals surface area (Å²) in [5.41, 5.74) is -0.111. The highest BCUT2D eigenvalue weighted by molar-refractivity contribution is 9.10. The molecule has 15 heavy (non-hydrogen) atoms. The van der Waals surface area contributed by atoms with Crippen LogP contribution in [0.1, 0.15) is 4.88 Å². The first-order valence-corrected chi connectivity index (χ1v) is 6.81. The predicted octanol–water partition coefficient (Wildman–Crippen LogP) is 2.89. The van der Waals surface area contributed by atoms with Crippen molar-refractivity contribution < 1.29 is 0 Å². The van der Waals surface area contributed by atoms with E-state index in [2.05, 4.69) is 32.0 Å². The molecule has 0 aliphatic rings. The van der Waals surface area contributed by atoms with Crippen molar-refractivity contribution in [3.63, 3.8) is 0 Å². The first-order valence-electron chi connectivity index (χ1n) is 4.15. The second-order valence-electron chi connectivity index (χ2n) is 2.76. The summed E-state index contributed by atoms with van der Waals surface area (Å²) in [6, 6.07) is 3.48. The lowest BCUT2D eigenvalue weighted by atomic mass is 10.5. The number of hydrogen-bond acceptors (Lipinski definition) is 4. The zero-order valence-electron chi connectivity index (χ0n) is 7.57. The smallest absolute Gasteiger partial charge is 0.251 e. The largest absolute Gasteiger partial charge is 0.301 e. The number of thiophene rings is 1. The van der Waals surface area contributed by atoms with E-state index in [4.69, 9.17) is 0 Å². The van der Waals surface area contributed by atoms with E-state index in [1.54, 1.807) is 11.3 Å². The van der Waals surface area contributed by atoms with Gasteiger partial charge in [0.15, 0.2) is 5.16 Å². The highest BCUT2D eigenvalue weighted by Crippen LogP contribution is 2.25. The normalized spacial score (nSPS) is 10.5. The molecule has 0 spiro atoms. The molecule has 2 aromatic rings. The van der Waals surface area contributed by atoms with Crippen molar-refractivity contribution in [3.05, 3.63) is 43.4 Å². The van der Waals surface area contributed by atoms with Gasteiger partial charge in [0.05, 0.1) is 0 Å². The molecular weight excluding hydrogens is 296 g/mol. The molecule has 0 unspecified atom stereocenters. The number of thioether (sulfide) groups is 1. The van der Waals surface area contributed by atoms with Crippen LogP contribution in [-0.2, 0) is 5.75 Å². The van der Waals surface area contributed by atoms with Crippen LogP contribution in [0.4, 0.5) is 0 Å². The third kappa shape index (κ3) is 3.19. The number of aromatic amines is 1. The second-order valence-corrected chi connectivity index (χ2v) is 5.63. The van der Waals surface area contributed by atoms with E-state index in [1.807, 2.05) is 5.38 Å². The van der Waals surface area contributed by atoms with Gasteiger partial charge < -0.3 is 4.98 Å². The van der Waals surface area contributed by atoms with E-state index in [0.717, 1.165) is 10.2 Å². The average molecular weight is 303 g/mol. The van der Waals surface area contributed by atoms with Crippen LogP contribution >= 0.6 is 39.0 Å². The maximum atomic E-state index is 11.0. The Labute approximate surface area is 103 Å². The van der Waals surface area contributed by atoms with Gasteiger partial charge in [-0.15, -0.1) is 11.3 Å². The molecule has 0 aromatic carbocycles. The Bertz CT molecular complexity index is 509. The summed E-state index contributed by atoms with van der Waals surface area (Å²) in [6.45, 7) is 0. The van der Waals surface area contributed by atoms with Crippen LogP contribution in [0.25, 0.3) is 0 Å². The van der Waals surface area contributed by atoms with Gasteiger partial charge in [0, 0.05) is 32.7 Å². The summed E-state index contributed by atoms with van der Waals surface area (Å²) in [5.74, 6) is 0.823. The van der Waals surface area contributed by atoms with E-state index < -0.39 is 0 Å². The number of aromatic nitrogens is 2. The molecule has 2 rings (SSSR count). The molecule has 6 heteroatoms. The Kier molecular flexibility index (Phi) is 3.61. The first-order chi connectivity index (χ1) is 7.24. The molecule has 0 radical (unpaired) electrons. The zero-order valence-corrected chi connectivity index (χ0v) is 10.8. The lowest BCUT2D eigenvalue weighted by Crippen LogP contribution is -2.05. The van der Waals surface area contributed by atoms with Gasteiger partial charge in [-0.1, -0.05) is 11.8 Å². The SMILES string of the molecule is O=c1ccnc(SCc2cc(Br)cs2)[nH]1. The van der Waals surface area contributed by atoms with Crippen LogP contribution in [0.3, 0.4) is 0 Å². The quantitative estimate of drug-likeness (QED) is 0.700. The monoisotopic (exact) mass is 302 g/mol. The number of rotatable bonds is 3. The van der Waals surface area contributed by atoms with Crippen molar-refractivity contribution in [2.45, 2.75) is 10.9 Å². The maximum Gasteiger partial charge on any atom is 0.251 e. The number of H-pyrrole nitrogens is 1. The Balaban J connectivity index is 2.02. The molecule has 0 aliphatic heterocycles. The van der Waals surface area contributed by atoms with Crippen LogP contribution in [0.5, 0.6) is 0 Å². The maximum absolute atomic E-state index is 11.0. The first kappa shape index (κ1) is 10.9. The molecule has 0 aliphatic carbocycles. The fraction of sp³-hybridized carbons (Fsp3) is 0.111. The second kappa shape index (κ2) is 4.96. The van der Waals surface area contributed by atoms with Gasteiger partial charge in [-0.25, -0.2) is 4.98 Å². The van der Waals surface area contributed by atoms with E-state index in [9.17, 15) is 4.79 Å². The third-order valence-electron chi connectivity index (χ3n) is 1.62. The molecule has 0 atom stereocenters. The van der Waals surface area contributed by atoms with Crippen molar-refractivity contribution >= 4 is 39.0 Å². The van der Waals surface area contributed by atoms with Crippen molar-refractivity contribution in [3.8, 4) is 0 Å². The molecule has 1 N–H and O–H groups in total. The summed E-state index contributed by atoms with van der Waals surface area (Å²) in [5, 5.41) is 2.70. The van der Waals surface area contributed by atoms with Gasteiger partial charge in [-0.2, -0.15) is 0 Å². The Morgan fingerprint density at radius 3 is 3.13 bits per heavy atom. The summed E-state index contributed by atoms with van der Waals surface area (Å²) in [4.78, 5) is 19.0. The van der Waals surface area contributed by atoms with E-state index in [0.29, 0.717) is 5.16 Å². The number of nitrogens with one attached hydrogen (secondary N) is 1. The fourth-order valence-electron chi connectivity index (χ4n) is 0.994. The van der Waals surface area contributed by atoms with Crippen LogP contribution in [0.15, 0.2) is 38.1 Å². The number of halogens is 1. The van der Waals surface area contributed by atoms with Gasteiger partial charge >= 0.3 is 0 Å². The summed E-state index contributed by atoms with van der Waals surface area (Å²) in [7, 11) is 0. The highest BCUT2D eigenvalue weighted by atomic mass is 79.9. The summed E-state index contributed by atoms with van der Waals surface area (Å²) in [6.07, 6.45) is 1.52. The van der Waals surface area contributed by atoms with Crippen molar-refractivity contribution in [1.82, 2.24) is 9.97 Å². The summed E-state index contributed by atoms with van der Waals surface area (Å²) < 4.78 is 1.10. The molecule has 0 amide bonds. The van der Waals surface area contributed by atoms with Crippen LogP contribution in [0.2, 0.25) is 0 Å². The van der Waals surface area contributed by atoms with E-state index in [-0.39, 0.29) is 5.56 Å². The molecule has 2 heterocycles. The molecule has 0 bridgehead atoms. The minimum atomic E-state index is -0.111. The average Bonchev–Trinajstić information content (AvgIpc) is 2.62. The van der Waals surface area contributed by atoms with Crippen LogP contribution < -0.4 is 5.56 Å². The van der Waals surface area contributed by atoms with E-state index >= 15 is 0 Å². The van der Waals surface area contributed by atoms with Crippen molar-refractivity contribution in [2.75, 3.05) is 0 Å². The standard InChI is InChI=1S/C9H7BrN2OS2/c10-6-3-7(14-4-6)5-15-9-11-2-1-8(13)12-9/h1-4H,5H2,(H,11,12,13). The molecule has 0 saturated heterocycles. The van der Waals surface area contributed by atoms with Crippen LogP contribution in [0, 0.1) is 0 Å². The Hall–Kier alpha value is -0.590. The lowest BCUT2D eigenvalue weighted by molar-refractivity contribution is 0.936. The molecular formula is C9H7BrN2OS2. The predicted molar refractivity (Wildman–Crippen MR) is 66.4 cm³/mol. The van der Waals surface area contributed by atoms with Gasteiger partial charge in [0.1, 0.15) is 0 Å².